The van der Waals surface area contributed by atoms with Gasteiger partial charge in [0.2, 0.25) is 11.8 Å². The molecule has 3 N–H and O–H groups in total. The summed E-state index contributed by atoms with van der Waals surface area (Å²) in [7, 11) is 0. The van der Waals surface area contributed by atoms with Gasteiger partial charge in [0.25, 0.3) is 11.8 Å². The first-order valence-electron chi connectivity index (χ1n) is 12.8. The highest BCUT2D eigenvalue weighted by molar-refractivity contribution is 6.00. The average Bonchev–Trinajstić information content (AvgIpc) is 3.08. The topological polar surface area (TPSA) is 175 Å². The van der Waals surface area contributed by atoms with Gasteiger partial charge in [0.05, 0.1) is 12.6 Å². The summed E-state index contributed by atoms with van der Waals surface area (Å²) in [6.07, 6.45) is 2.77. The van der Waals surface area contributed by atoms with E-state index in [1.165, 1.54) is 17.4 Å². The number of amides is 4. The van der Waals surface area contributed by atoms with E-state index in [1.54, 1.807) is 42.5 Å². The van der Waals surface area contributed by atoms with E-state index in [-0.39, 0.29) is 37.5 Å². The zero-order chi connectivity index (χ0) is 28.6. The van der Waals surface area contributed by atoms with E-state index in [0.29, 0.717) is 12.0 Å². The van der Waals surface area contributed by atoms with Crippen molar-refractivity contribution in [1.82, 2.24) is 25.6 Å². The van der Waals surface area contributed by atoms with E-state index in [9.17, 15) is 33.9 Å². The van der Waals surface area contributed by atoms with Crippen LogP contribution in [0, 0.1) is 0 Å². The zero-order valence-electron chi connectivity index (χ0n) is 21.5. The largest absolute Gasteiger partial charge is 0.484 e. The summed E-state index contributed by atoms with van der Waals surface area (Å²) in [5, 5.41) is 16.7. The second kappa shape index (κ2) is 12.8. The van der Waals surface area contributed by atoms with Gasteiger partial charge in [0.15, 0.2) is 5.78 Å². The Morgan fingerprint density at radius 2 is 1.85 bits per heavy atom. The van der Waals surface area contributed by atoms with Crippen LogP contribution in [0.15, 0.2) is 54.9 Å². The summed E-state index contributed by atoms with van der Waals surface area (Å²) < 4.78 is 5.36. The van der Waals surface area contributed by atoms with Crippen LogP contribution in [0.5, 0.6) is 5.75 Å². The van der Waals surface area contributed by atoms with Crippen LogP contribution in [0.3, 0.4) is 0 Å². The smallest absolute Gasteiger partial charge is 0.305 e. The molecule has 40 heavy (non-hydrogen) atoms. The minimum Gasteiger partial charge on any atom is -0.484 e. The Kier molecular flexibility index (Phi) is 9.04. The molecule has 4 rings (SSSR count). The first-order chi connectivity index (χ1) is 19.2. The summed E-state index contributed by atoms with van der Waals surface area (Å²) in [4.78, 5) is 80.8. The third-order valence-electron chi connectivity index (χ3n) is 6.60. The van der Waals surface area contributed by atoms with E-state index >= 15 is 0 Å². The van der Waals surface area contributed by atoms with Gasteiger partial charge in [-0.15, -0.1) is 0 Å². The molecule has 1 aromatic carbocycles. The van der Waals surface area contributed by atoms with Crippen molar-refractivity contribution in [3.05, 3.63) is 60.4 Å². The van der Waals surface area contributed by atoms with Crippen molar-refractivity contribution in [3.8, 4) is 5.75 Å². The summed E-state index contributed by atoms with van der Waals surface area (Å²) in [5.74, 6) is -4.05. The van der Waals surface area contributed by atoms with E-state index in [4.69, 9.17) is 4.74 Å². The summed E-state index contributed by atoms with van der Waals surface area (Å²) in [6, 6.07) is 7.73. The number of hydrogen-bond acceptors (Lipinski definition) is 8. The number of ketones is 1. The monoisotopic (exact) mass is 551 g/mol. The maximum absolute atomic E-state index is 13.6. The lowest BCUT2D eigenvalue weighted by molar-refractivity contribution is -0.176. The van der Waals surface area contributed by atoms with Crippen molar-refractivity contribution in [3.63, 3.8) is 0 Å². The van der Waals surface area contributed by atoms with Crippen molar-refractivity contribution < 1.29 is 38.6 Å². The molecular formula is C27H29N5O8. The Morgan fingerprint density at radius 3 is 2.55 bits per heavy atom. The van der Waals surface area contributed by atoms with Gasteiger partial charge >= 0.3 is 5.97 Å². The summed E-state index contributed by atoms with van der Waals surface area (Å²) in [6.45, 7) is -0.320. The number of rotatable bonds is 10. The molecule has 13 nitrogen and oxygen atoms in total. The average molecular weight is 552 g/mol. The number of nitrogens with zero attached hydrogens (tertiary/aromatic N) is 3. The number of ether oxygens (including phenoxy) is 1. The van der Waals surface area contributed by atoms with Crippen LogP contribution in [0.2, 0.25) is 0 Å². The number of fused-ring (bicyclic) bond motifs is 1. The fourth-order valence-corrected chi connectivity index (χ4v) is 4.61. The van der Waals surface area contributed by atoms with E-state index < -0.39 is 60.6 Å². The number of hydrogen-bond donors (Lipinski definition) is 3. The molecule has 2 aromatic rings. The molecule has 2 aliphatic rings. The predicted molar refractivity (Wildman–Crippen MR) is 137 cm³/mol. The lowest BCUT2D eigenvalue weighted by atomic mass is 10.0. The number of nitrogens with one attached hydrogen (secondary N) is 2. The van der Waals surface area contributed by atoms with Gasteiger partial charge in [0, 0.05) is 24.7 Å². The molecule has 3 heterocycles. The second-order valence-corrected chi connectivity index (χ2v) is 9.39. The highest BCUT2D eigenvalue weighted by atomic mass is 16.5. The minimum atomic E-state index is -1.44. The Balaban J connectivity index is 1.50. The molecule has 2 fully saturated rings. The van der Waals surface area contributed by atoms with Gasteiger partial charge in [-0.05, 0) is 43.5 Å². The lowest BCUT2D eigenvalue weighted by Crippen LogP contribution is -2.64. The number of pyridine rings is 1. The number of carboxylic acid groups (broad SMARTS) is 1. The number of aliphatic carboxylic acids is 1. The highest BCUT2D eigenvalue weighted by Crippen LogP contribution is 2.25. The summed E-state index contributed by atoms with van der Waals surface area (Å²) >= 11 is 0. The Bertz CT molecular complexity index is 1270. The normalized spacial score (nSPS) is 19.6. The highest BCUT2D eigenvalue weighted by Gasteiger charge is 2.45. The predicted octanol–water partition coefficient (Wildman–Crippen LogP) is 0.316. The van der Waals surface area contributed by atoms with Gasteiger partial charge in [-0.2, -0.15) is 0 Å². The quantitative estimate of drug-likeness (QED) is 0.375. The first kappa shape index (κ1) is 28.2. The van der Waals surface area contributed by atoms with Gasteiger partial charge in [-0.25, -0.2) is 5.01 Å². The molecule has 2 aliphatic heterocycles. The van der Waals surface area contributed by atoms with E-state index in [0.717, 1.165) is 5.01 Å². The number of carboxylic acids is 1. The lowest BCUT2D eigenvalue weighted by Gasteiger charge is -2.43. The molecule has 0 spiro atoms. The number of aromatic nitrogens is 1. The molecule has 0 aliphatic carbocycles. The molecule has 13 heteroatoms. The van der Waals surface area contributed by atoms with Crippen molar-refractivity contribution >= 4 is 35.4 Å². The Morgan fingerprint density at radius 1 is 1.07 bits per heavy atom. The fraction of sp³-hybridized carbons (Fsp3) is 0.370. The Labute approximate surface area is 229 Å². The van der Waals surface area contributed by atoms with Crippen LogP contribution in [-0.2, 0) is 24.0 Å². The number of benzene rings is 1. The van der Waals surface area contributed by atoms with Crippen LogP contribution in [0.4, 0.5) is 0 Å². The van der Waals surface area contributed by atoms with Crippen LogP contribution in [-0.4, -0.2) is 86.8 Å². The SMILES string of the molecule is O=C(O)CC(NC(=O)C1CCCN2C(=O)CCC(NC(=O)c3ccccc3)C(=O)N12)C(=O)COc1cccnc1. The maximum Gasteiger partial charge on any atom is 0.305 e. The third kappa shape index (κ3) is 6.79. The van der Waals surface area contributed by atoms with Crippen molar-refractivity contribution in [2.75, 3.05) is 13.2 Å². The first-order valence-corrected chi connectivity index (χ1v) is 12.8. The van der Waals surface area contributed by atoms with Gasteiger partial charge in [-0.1, -0.05) is 18.2 Å². The molecule has 3 atom stereocenters. The number of carbonyl (C=O) groups excluding carboxylic acids is 5. The maximum atomic E-state index is 13.6. The zero-order valence-corrected chi connectivity index (χ0v) is 21.5. The van der Waals surface area contributed by atoms with Crippen molar-refractivity contribution in [2.45, 2.75) is 50.2 Å². The number of hydrazine groups is 1. The van der Waals surface area contributed by atoms with Gasteiger partial charge in [0.1, 0.15) is 30.5 Å². The molecule has 0 saturated carbocycles. The van der Waals surface area contributed by atoms with Crippen LogP contribution >= 0.6 is 0 Å². The van der Waals surface area contributed by atoms with Crippen LogP contribution < -0.4 is 15.4 Å². The van der Waals surface area contributed by atoms with Gasteiger partial charge < -0.3 is 20.5 Å². The fourth-order valence-electron chi connectivity index (χ4n) is 4.61. The second-order valence-electron chi connectivity index (χ2n) is 9.39. The number of Topliss-reactive ketones (excluding diaryl/α,β-unsaturated/α-hetero) is 1. The minimum absolute atomic E-state index is 0.0257. The van der Waals surface area contributed by atoms with Crippen molar-refractivity contribution in [1.29, 1.82) is 0 Å². The molecule has 2 saturated heterocycles. The van der Waals surface area contributed by atoms with Crippen LogP contribution in [0.1, 0.15) is 42.5 Å². The standard InChI is InChI=1S/C27H29N5O8/c33-22(16-40-18-8-4-12-28-15-18)20(14-24(35)36)30-26(38)21-9-5-13-31-23(34)11-10-19(27(39)32(21)31)29-25(37)17-6-2-1-3-7-17/h1-4,6-8,12,15,19-21H,5,9-11,13-14,16H2,(H,29,37)(H,30,38)(H,35,36). The van der Waals surface area contributed by atoms with E-state index in [2.05, 4.69) is 15.6 Å². The molecule has 1 aromatic heterocycles. The third-order valence-corrected chi connectivity index (χ3v) is 6.60. The van der Waals surface area contributed by atoms with Gasteiger partial charge in [-0.3, -0.25) is 38.8 Å². The molecule has 4 amide bonds. The van der Waals surface area contributed by atoms with Crippen LogP contribution in [0.25, 0.3) is 0 Å². The van der Waals surface area contributed by atoms with Crippen molar-refractivity contribution in [2.24, 2.45) is 0 Å². The summed E-state index contributed by atoms with van der Waals surface area (Å²) in [5.41, 5.74) is 0.333. The molecule has 0 radical (unpaired) electrons. The molecule has 3 unspecified atom stereocenters. The van der Waals surface area contributed by atoms with E-state index in [1.807, 2.05) is 0 Å². The molecule has 210 valence electrons. The number of carbonyl (C=O) groups is 6. The molecular weight excluding hydrogens is 522 g/mol. The molecule has 0 bridgehead atoms. The Hall–Kier alpha value is -4.81.